The van der Waals surface area contributed by atoms with Crippen LogP contribution in [0, 0.1) is 5.41 Å². The minimum absolute atomic E-state index is 0.306. The third-order valence-electron chi connectivity index (χ3n) is 3.09. The summed E-state index contributed by atoms with van der Waals surface area (Å²) in [5.41, 5.74) is 0.306. The smallest absolute Gasteiger partial charge is 0.0851 e. The molecule has 1 atom stereocenters. The van der Waals surface area contributed by atoms with E-state index in [1.807, 2.05) is 13.6 Å². The van der Waals surface area contributed by atoms with Gasteiger partial charge in [-0.3, -0.25) is 0 Å². The Bertz CT molecular complexity index is 171. The van der Waals surface area contributed by atoms with Gasteiger partial charge in [-0.1, -0.05) is 40.5 Å². The zero-order valence-corrected chi connectivity index (χ0v) is 10.1. The van der Waals surface area contributed by atoms with Crippen molar-refractivity contribution < 1.29 is 4.57 Å². The predicted octanol–water partition coefficient (Wildman–Crippen LogP) is 3.83. The molecule has 1 nitrogen and oxygen atoms in total. The average Bonchev–Trinajstić information content (AvgIpc) is 2.04. The van der Waals surface area contributed by atoms with E-state index in [0.717, 1.165) is 25.2 Å². The summed E-state index contributed by atoms with van der Waals surface area (Å²) in [4.78, 5) is 0. The van der Waals surface area contributed by atoms with Gasteiger partial charge >= 0.3 is 0 Å². The fourth-order valence-corrected chi connectivity index (χ4v) is 3.68. The molecule has 0 aromatic rings. The molecule has 0 saturated carbocycles. The lowest BCUT2D eigenvalue weighted by atomic mass is 9.87. The molecular weight excluding hydrogens is 167 g/mol. The van der Waals surface area contributed by atoms with Gasteiger partial charge in [0.1, 0.15) is 0 Å². The van der Waals surface area contributed by atoms with E-state index < -0.39 is 7.14 Å². The Kier molecular flexibility index (Phi) is 4.55. The van der Waals surface area contributed by atoms with E-state index in [9.17, 15) is 4.57 Å². The van der Waals surface area contributed by atoms with Gasteiger partial charge in [0.25, 0.3) is 0 Å². The largest absolute Gasteiger partial charge is 0.324 e. The van der Waals surface area contributed by atoms with Gasteiger partial charge in [-0.05, 0) is 18.2 Å². The summed E-state index contributed by atoms with van der Waals surface area (Å²) in [6.07, 6.45) is 4.05. The van der Waals surface area contributed by atoms with Gasteiger partial charge in [0.05, 0.1) is 7.14 Å². The number of hydrogen-bond donors (Lipinski definition) is 0. The molecular formula is C10H23OP. The molecule has 0 aliphatic rings. The van der Waals surface area contributed by atoms with Crippen LogP contribution in [0.3, 0.4) is 0 Å². The van der Waals surface area contributed by atoms with E-state index in [-0.39, 0.29) is 0 Å². The Morgan fingerprint density at radius 2 is 1.58 bits per heavy atom. The van der Waals surface area contributed by atoms with Crippen molar-refractivity contribution in [3.8, 4) is 0 Å². The Hall–Kier alpha value is 0.230. The summed E-state index contributed by atoms with van der Waals surface area (Å²) in [5.74, 6) is 0. The first-order valence-electron chi connectivity index (χ1n) is 4.94. The van der Waals surface area contributed by atoms with E-state index in [4.69, 9.17) is 0 Å². The van der Waals surface area contributed by atoms with Crippen LogP contribution in [0.4, 0.5) is 0 Å². The summed E-state index contributed by atoms with van der Waals surface area (Å²) >= 11 is 0. The second-order valence-electron chi connectivity index (χ2n) is 4.29. The topological polar surface area (TPSA) is 17.1 Å². The Balaban J connectivity index is 4.30. The van der Waals surface area contributed by atoms with Crippen LogP contribution in [-0.4, -0.2) is 19.0 Å². The minimum atomic E-state index is -1.83. The molecule has 0 aliphatic heterocycles. The highest BCUT2D eigenvalue weighted by atomic mass is 31.2. The highest BCUT2D eigenvalue weighted by Gasteiger charge is 2.27. The molecule has 74 valence electrons. The van der Waals surface area contributed by atoms with Crippen molar-refractivity contribution in [1.29, 1.82) is 0 Å². The molecule has 0 aromatic carbocycles. The van der Waals surface area contributed by atoms with E-state index in [1.165, 1.54) is 0 Å². The highest BCUT2D eigenvalue weighted by Crippen LogP contribution is 2.48. The van der Waals surface area contributed by atoms with E-state index in [1.54, 1.807) is 0 Å². The Morgan fingerprint density at radius 1 is 1.17 bits per heavy atom. The second kappa shape index (κ2) is 4.46. The van der Waals surface area contributed by atoms with E-state index in [2.05, 4.69) is 20.8 Å². The predicted molar refractivity (Wildman–Crippen MR) is 57.6 cm³/mol. The van der Waals surface area contributed by atoms with Crippen molar-refractivity contribution in [2.24, 2.45) is 5.41 Å². The van der Waals surface area contributed by atoms with Gasteiger partial charge in [0.15, 0.2) is 0 Å². The normalized spacial score (nSPS) is 17.4. The lowest BCUT2D eigenvalue weighted by Gasteiger charge is -2.29. The third kappa shape index (κ3) is 3.76. The van der Waals surface area contributed by atoms with E-state index in [0.29, 0.717) is 5.41 Å². The molecule has 0 aromatic heterocycles. The fraction of sp³-hybridized carbons (Fsp3) is 1.00. The van der Waals surface area contributed by atoms with Crippen LogP contribution >= 0.6 is 7.14 Å². The fourth-order valence-electron chi connectivity index (χ4n) is 1.39. The quantitative estimate of drug-likeness (QED) is 0.602. The van der Waals surface area contributed by atoms with Crippen LogP contribution < -0.4 is 0 Å². The van der Waals surface area contributed by atoms with Gasteiger partial charge in [-0.15, -0.1) is 0 Å². The van der Waals surface area contributed by atoms with Crippen molar-refractivity contribution >= 4 is 7.14 Å². The lowest BCUT2D eigenvalue weighted by molar-refractivity contribution is 0.339. The monoisotopic (exact) mass is 190 g/mol. The summed E-state index contributed by atoms with van der Waals surface area (Å²) in [6, 6.07) is 0. The van der Waals surface area contributed by atoms with Crippen LogP contribution in [0.1, 0.15) is 40.5 Å². The summed E-state index contributed by atoms with van der Waals surface area (Å²) in [7, 11) is -1.83. The van der Waals surface area contributed by atoms with Gasteiger partial charge in [0, 0.05) is 6.16 Å². The molecule has 0 saturated heterocycles. The van der Waals surface area contributed by atoms with Gasteiger partial charge < -0.3 is 4.57 Å². The van der Waals surface area contributed by atoms with Crippen molar-refractivity contribution in [1.82, 2.24) is 0 Å². The van der Waals surface area contributed by atoms with Crippen molar-refractivity contribution in [3.63, 3.8) is 0 Å². The lowest BCUT2D eigenvalue weighted by Crippen LogP contribution is -2.19. The standard InChI is InChI=1S/C10H23OP/c1-6-10(4,7-2)9-12(5,11)8-3/h6-9H2,1-5H3. The van der Waals surface area contributed by atoms with Crippen molar-refractivity contribution in [2.45, 2.75) is 40.5 Å². The van der Waals surface area contributed by atoms with Crippen LogP contribution in [0.15, 0.2) is 0 Å². The minimum Gasteiger partial charge on any atom is -0.324 e. The molecule has 0 fully saturated rings. The first-order chi connectivity index (χ1) is 5.39. The zero-order chi connectivity index (χ0) is 9.83. The van der Waals surface area contributed by atoms with Crippen LogP contribution in [0.25, 0.3) is 0 Å². The van der Waals surface area contributed by atoms with Crippen LogP contribution in [-0.2, 0) is 4.57 Å². The summed E-state index contributed by atoms with van der Waals surface area (Å²) in [6.45, 7) is 10.6. The van der Waals surface area contributed by atoms with Crippen LogP contribution in [0.2, 0.25) is 0 Å². The number of rotatable bonds is 5. The first kappa shape index (κ1) is 12.2. The molecule has 2 heteroatoms. The third-order valence-corrected chi connectivity index (χ3v) is 5.86. The Morgan fingerprint density at radius 3 is 1.83 bits per heavy atom. The van der Waals surface area contributed by atoms with Gasteiger partial charge in [-0.25, -0.2) is 0 Å². The molecule has 0 aliphatic carbocycles. The molecule has 0 rings (SSSR count). The molecule has 0 heterocycles. The average molecular weight is 190 g/mol. The number of hydrogen-bond acceptors (Lipinski definition) is 1. The molecule has 12 heavy (non-hydrogen) atoms. The molecule has 0 radical (unpaired) electrons. The molecule has 0 spiro atoms. The summed E-state index contributed by atoms with van der Waals surface area (Å²) < 4.78 is 11.9. The van der Waals surface area contributed by atoms with Gasteiger partial charge in [-0.2, -0.15) is 0 Å². The zero-order valence-electron chi connectivity index (χ0n) is 9.18. The maximum absolute atomic E-state index is 11.9. The SMILES string of the molecule is CCC(C)(CC)CP(C)(=O)CC. The van der Waals surface area contributed by atoms with Crippen LogP contribution in [0.5, 0.6) is 0 Å². The molecule has 0 amide bonds. The van der Waals surface area contributed by atoms with Crippen molar-refractivity contribution in [2.75, 3.05) is 19.0 Å². The highest BCUT2D eigenvalue weighted by molar-refractivity contribution is 7.63. The van der Waals surface area contributed by atoms with E-state index >= 15 is 0 Å². The van der Waals surface area contributed by atoms with Crippen molar-refractivity contribution in [3.05, 3.63) is 0 Å². The molecule has 1 unspecified atom stereocenters. The van der Waals surface area contributed by atoms with Gasteiger partial charge in [0.2, 0.25) is 0 Å². The Labute approximate surface area is 77.3 Å². The first-order valence-corrected chi connectivity index (χ1v) is 7.47. The maximum atomic E-state index is 11.9. The maximum Gasteiger partial charge on any atom is 0.0851 e. The summed E-state index contributed by atoms with van der Waals surface area (Å²) in [5, 5.41) is 0. The second-order valence-corrected chi connectivity index (χ2v) is 7.83. The molecule has 0 N–H and O–H groups in total. The molecule has 0 bridgehead atoms.